The fraction of sp³-hybridized carbons (Fsp3) is 0.160. The molecule has 156 valence electrons. The molecule has 2 amide bonds. The molecule has 1 aliphatic heterocycles. The third-order valence-corrected chi connectivity index (χ3v) is 5.32. The number of imide groups is 1. The van der Waals surface area contributed by atoms with Crippen molar-refractivity contribution in [2.45, 2.75) is 13.3 Å². The highest BCUT2D eigenvalue weighted by molar-refractivity contribution is 6.45. The van der Waals surface area contributed by atoms with E-state index in [2.05, 4.69) is 4.98 Å². The molecule has 0 atom stereocenters. The van der Waals surface area contributed by atoms with Crippen molar-refractivity contribution in [3.63, 3.8) is 0 Å². The van der Waals surface area contributed by atoms with Crippen molar-refractivity contribution in [2.24, 2.45) is 0 Å². The van der Waals surface area contributed by atoms with E-state index in [0.29, 0.717) is 42.0 Å². The molecular formula is C25H22FN3O2. The summed E-state index contributed by atoms with van der Waals surface area (Å²) in [5, 5.41) is 0. The van der Waals surface area contributed by atoms with Gasteiger partial charge in [-0.05, 0) is 60.9 Å². The van der Waals surface area contributed by atoms with Crippen molar-refractivity contribution in [3.8, 4) is 0 Å². The molecule has 4 rings (SSSR count). The predicted molar refractivity (Wildman–Crippen MR) is 117 cm³/mol. The van der Waals surface area contributed by atoms with Crippen molar-refractivity contribution >= 4 is 23.1 Å². The summed E-state index contributed by atoms with van der Waals surface area (Å²) >= 11 is 0. The SMILES string of the molecule is CCN(CCc1ccncc1)C1=C(c2ccccc2)C(=O)N(c2ccc(F)cc2)C1=O. The third-order valence-electron chi connectivity index (χ3n) is 5.32. The van der Waals surface area contributed by atoms with E-state index < -0.39 is 17.6 Å². The number of hydrogen-bond donors (Lipinski definition) is 0. The predicted octanol–water partition coefficient (Wildman–Crippen LogP) is 4.07. The molecule has 0 spiro atoms. The van der Waals surface area contributed by atoms with Gasteiger partial charge in [-0.1, -0.05) is 30.3 Å². The first-order valence-electron chi connectivity index (χ1n) is 10.2. The lowest BCUT2D eigenvalue weighted by molar-refractivity contribution is -0.120. The Morgan fingerprint density at radius 3 is 2.23 bits per heavy atom. The van der Waals surface area contributed by atoms with Crippen LogP contribution in [0.15, 0.2) is 84.8 Å². The van der Waals surface area contributed by atoms with E-state index in [1.54, 1.807) is 12.4 Å². The van der Waals surface area contributed by atoms with Crippen LogP contribution in [0.3, 0.4) is 0 Å². The molecule has 1 aliphatic rings. The van der Waals surface area contributed by atoms with Crippen molar-refractivity contribution < 1.29 is 14.0 Å². The lowest BCUT2D eigenvalue weighted by atomic mass is 10.0. The molecule has 5 nitrogen and oxygen atoms in total. The summed E-state index contributed by atoms with van der Waals surface area (Å²) in [4.78, 5) is 34.0. The zero-order chi connectivity index (χ0) is 21.8. The number of carbonyl (C=O) groups excluding carboxylic acids is 2. The molecule has 0 saturated carbocycles. The van der Waals surface area contributed by atoms with Crippen molar-refractivity contribution in [3.05, 3.63) is 102 Å². The molecule has 0 saturated heterocycles. The Morgan fingerprint density at radius 1 is 0.903 bits per heavy atom. The van der Waals surface area contributed by atoms with Gasteiger partial charge in [-0.15, -0.1) is 0 Å². The first-order chi connectivity index (χ1) is 15.1. The zero-order valence-corrected chi connectivity index (χ0v) is 17.2. The number of halogens is 1. The molecule has 2 aromatic carbocycles. The summed E-state index contributed by atoms with van der Waals surface area (Å²) in [7, 11) is 0. The minimum absolute atomic E-state index is 0.352. The van der Waals surface area contributed by atoms with Crippen LogP contribution in [0.25, 0.3) is 5.57 Å². The van der Waals surface area contributed by atoms with Crippen LogP contribution in [-0.4, -0.2) is 34.8 Å². The van der Waals surface area contributed by atoms with Gasteiger partial charge < -0.3 is 4.90 Å². The highest BCUT2D eigenvalue weighted by Gasteiger charge is 2.42. The van der Waals surface area contributed by atoms with Crippen LogP contribution in [0.1, 0.15) is 18.1 Å². The van der Waals surface area contributed by atoms with Crippen molar-refractivity contribution in [1.29, 1.82) is 0 Å². The summed E-state index contributed by atoms with van der Waals surface area (Å²) in [6.07, 6.45) is 4.18. The van der Waals surface area contributed by atoms with E-state index in [0.717, 1.165) is 10.5 Å². The third kappa shape index (κ3) is 4.10. The summed E-state index contributed by atoms with van der Waals surface area (Å²) in [6, 6.07) is 18.5. The number of benzene rings is 2. The molecule has 1 aromatic heterocycles. The van der Waals surface area contributed by atoms with Crippen LogP contribution in [0.5, 0.6) is 0 Å². The number of nitrogens with zero attached hydrogens (tertiary/aromatic N) is 3. The number of hydrogen-bond acceptors (Lipinski definition) is 4. The monoisotopic (exact) mass is 415 g/mol. The number of pyridine rings is 1. The van der Waals surface area contributed by atoms with Crippen LogP contribution >= 0.6 is 0 Å². The lowest BCUT2D eigenvalue weighted by Gasteiger charge is -2.25. The Labute approximate surface area is 180 Å². The lowest BCUT2D eigenvalue weighted by Crippen LogP contribution is -2.36. The maximum Gasteiger partial charge on any atom is 0.282 e. The molecule has 0 N–H and O–H groups in total. The van der Waals surface area contributed by atoms with Gasteiger partial charge in [0.2, 0.25) is 0 Å². The van der Waals surface area contributed by atoms with E-state index in [4.69, 9.17) is 0 Å². The summed E-state index contributed by atoms with van der Waals surface area (Å²) < 4.78 is 13.4. The van der Waals surface area contributed by atoms with Crippen LogP contribution in [0, 0.1) is 5.82 Å². The first kappa shape index (κ1) is 20.5. The second-order valence-electron chi connectivity index (χ2n) is 7.20. The van der Waals surface area contributed by atoms with Crippen molar-refractivity contribution in [2.75, 3.05) is 18.0 Å². The minimum atomic E-state index is -0.424. The number of rotatable bonds is 7. The smallest absolute Gasteiger partial charge is 0.282 e. The molecule has 0 radical (unpaired) electrons. The highest BCUT2D eigenvalue weighted by atomic mass is 19.1. The average molecular weight is 415 g/mol. The second kappa shape index (κ2) is 8.92. The van der Waals surface area contributed by atoms with Crippen LogP contribution < -0.4 is 4.90 Å². The van der Waals surface area contributed by atoms with E-state index in [1.807, 2.05) is 54.3 Å². The van der Waals surface area contributed by atoms with Crippen LogP contribution in [-0.2, 0) is 16.0 Å². The van der Waals surface area contributed by atoms with Gasteiger partial charge in [-0.25, -0.2) is 9.29 Å². The van der Waals surface area contributed by atoms with E-state index in [-0.39, 0.29) is 0 Å². The standard InChI is InChI=1S/C25H22FN3O2/c1-2-28(17-14-18-12-15-27-16-13-18)23-22(19-6-4-3-5-7-19)24(30)29(25(23)31)21-10-8-20(26)9-11-21/h3-13,15-16H,2,14,17H2,1H3. The van der Waals surface area contributed by atoms with Gasteiger partial charge in [0.15, 0.2) is 0 Å². The maximum absolute atomic E-state index is 13.5. The fourth-order valence-corrected chi connectivity index (χ4v) is 3.74. The van der Waals surface area contributed by atoms with E-state index in [1.165, 1.54) is 24.3 Å². The van der Waals surface area contributed by atoms with E-state index in [9.17, 15) is 14.0 Å². The Morgan fingerprint density at radius 2 is 1.58 bits per heavy atom. The molecule has 2 heterocycles. The number of carbonyl (C=O) groups is 2. The molecule has 31 heavy (non-hydrogen) atoms. The largest absolute Gasteiger partial charge is 0.366 e. The number of amides is 2. The summed E-state index contributed by atoms with van der Waals surface area (Å²) in [5.74, 6) is -1.22. The zero-order valence-electron chi connectivity index (χ0n) is 17.2. The van der Waals surface area contributed by atoms with Gasteiger partial charge in [-0.3, -0.25) is 14.6 Å². The summed E-state index contributed by atoms with van der Waals surface area (Å²) in [5.41, 5.74) is 2.87. The quantitative estimate of drug-likeness (QED) is 0.546. The van der Waals surface area contributed by atoms with Crippen molar-refractivity contribution in [1.82, 2.24) is 9.88 Å². The van der Waals surface area contributed by atoms with Crippen LogP contribution in [0.4, 0.5) is 10.1 Å². The Balaban J connectivity index is 1.74. The maximum atomic E-state index is 13.5. The van der Waals surface area contributed by atoms with Gasteiger partial charge in [-0.2, -0.15) is 0 Å². The summed E-state index contributed by atoms with van der Waals surface area (Å²) in [6.45, 7) is 3.09. The molecule has 0 aliphatic carbocycles. The van der Waals surface area contributed by atoms with Gasteiger partial charge in [0, 0.05) is 25.5 Å². The Bertz CT molecular complexity index is 1110. The molecule has 0 unspecified atom stereocenters. The second-order valence-corrected chi connectivity index (χ2v) is 7.20. The highest BCUT2D eigenvalue weighted by Crippen LogP contribution is 2.34. The average Bonchev–Trinajstić information content (AvgIpc) is 3.06. The van der Waals surface area contributed by atoms with Crippen LogP contribution in [0.2, 0.25) is 0 Å². The fourth-order valence-electron chi connectivity index (χ4n) is 3.74. The van der Waals surface area contributed by atoms with Gasteiger partial charge in [0.25, 0.3) is 11.8 Å². The van der Waals surface area contributed by atoms with Gasteiger partial charge in [0.1, 0.15) is 11.5 Å². The van der Waals surface area contributed by atoms with Gasteiger partial charge in [0.05, 0.1) is 11.3 Å². The Hall–Kier alpha value is -3.80. The molecular weight excluding hydrogens is 393 g/mol. The van der Waals surface area contributed by atoms with Gasteiger partial charge >= 0.3 is 0 Å². The number of anilines is 1. The molecule has 6 heteroatoms. The molecule has 0 fully saturated rings. The molecule has 0 bridgehead atoms. The van der Waals surface area contributed by atoms with E-state index >= 15 is 0 Å². The Kier molecular flexibility index (Phi) is 5.89. The first-order valence-corrected chi connectivity index (χ1v) is 10.2. The topological polar surface area (TPSA) is 53.5 Å². The minimum Gasteiger partial charge on any atom is -0.366 e. The number of aromatic nitrogens is 1. The normalized spacial score (nSPS) is 13.8. The number of likely N-dealkylation sites (N-methyl/N-ethyl adjacent to an activating group) is 1. The molecule has 3 aromatic rings.